The molecule has 0 aliphatic heterocycles. The highest BCUT2D eigenvalue weighted by Crippen LogP contribution is 2.18. The molecule has 0 bridgehead atoms. The SMILES string of the molecule is Fc1ccc(Br)c(CNCc2ccc3ncccc3c2)c1. The van der Waals surface area contributed by atoms with Crippen LogP contribution in [0.2, 0.25) is 0 Å². The zero-order valence-corrected chi connectivity index (χ0v) is 12.9. The first-order valence-electron chi connectivity index (χ1n) is 6.71. The Hall–Kier alpha value is -1.78. The quantitative estimate of drug-likeness (QED) is 0.757. The fraction of sp³-hybridized carbons (Fsp3) is 0.118. The highest BCUT2D eigenvalue weighted by molar-refractivity contribution is 9.10. The van der Waals surface area contributed by atoms with E-state index in [4.69, 9.17) is 0 Å². The van der Waals surface area contributed by atoms with Crippen LogP contribution < -0.4 is 5.32 Å². The van der Waals surface area contributed by atoms with E-state index in [9.17, 15) is 4.39 Å². The third kappa shape index (κ3) is 3.46. The molecule has 21 heavy (non-hydrogen) atoms. The van der Waals surface area contributed by atoms with Crippen molar-refractivity contribution in [3.05, 3.63) is 76.1 Å². The van der Waals surface area contributed by atoms with Crippen molar-refractivity contribution in [1.82, 2.24) is 10.3 Å². The molecule has 106 valence electrons. The van der Waals surface area contributed by atoms with Crippen LogP contribution in [-0.4, -0.2) is 4.98 Å². The van der Waals surface area contributed by atoms with E-state index in [1.165, 1.54) is 11.6 Å². The van der Waals surface area contributed by atoms with Crippen LogP contribution in [0.15, 0.2) is 59.2 Å². The number of nitrogens with zero attached hydrogens (tertiary/aromatic N) is 1. The number of fused-ring (bicyclic) bond motifs is 1. The molecule has 0 atom stereocenters. The molecule has 0 amide bonds. The number of pyridine rings is 1. The van der Waals surface area contributed by atoms with Crippen LogP contribution >= 0.6 is 15.9 Å². The maximum Gasteiger partial charge on any atom is 0.123 e. The second-order valence-electron chi connectivity index (χ2n) is 4.87. The fourth-order valence-electron chi connectivity index (χ4n) is 2.26. The predicted molar refractivity (Wildman–Crippen MR) is 86.4 cm³/mol. The first-order valence-corrected chi connectivity index (χ1v) is 7.50. The van der Waals surface area contributed by atoms with Gasteiger partial charge in [0, 0.05) is 29.1 Å². The van der Waals surface area contributed by atoms with Gasteiger partial charge in [0.25, 0.3) is 0 Å². The molecular weight excluding hydrogens is 331 g/mol. The summed E-state index contributed by atoms with van der Waals surface area (Å²) >= 11 is 3.43. The van der Waals surface area contributed by atoms with Gasteiger partial charge in [0.2, 0.25) is 0 Å². The van der Waals surface area contributed by atoms with E-state index in [1.54, 1.807) is 18.3 Å². The molecule has 0 spiro atoms. The number of aromatic nitrogens is 1. The van der Waals surface area contributed by atoms with Gasteiger partial charge in [0.15, 0.2) is 0 Å². The molecule has 3 aromatic rings. The summed E-state index contributed by atoms with van der Waals surface area (Å²) in [6.07, 6.45) is 1.79. The average molecular weight is 345 g/mol. The lowest BCUT2D eigenvalue weighted by Crippen LogP contribution is -2.13. The number of hydrogen-bond donors (Lipinski definition) is 1. The van der Waals surface area contributed by atoms with Crippen molar-refractivity contribution in [3.63, 3.8) is 0 Å². The van der Waals surface area contributed by atoms with Gasteiger partial charge in [-0.1, -0.05) is 28.1 Å². The molecular formula is C17H14BrFN2. The summed E-state index contributed by atoms with van der Waals surface area (Å²) in [5.41, 5.74) is 3.09. The molecule has 3 rings (SSSR count). The normalized spacial score (nSPS) is 11.0. The Labute approximate surface area is 131 Å². The van der Waals surface area contributed by atoms with Gasteiger partial charge in [0.05, 0.1) is 5.52 Å². The Balaban J connectivity index is 1.67. The molecule has 0 radical (unpaired) electrons. The number of rotatable bonds is 4. The summed E-state index contributed by atoms with van der Waals surface area (Å²) in [7, 11) is 0. The van der Waals surface area contributed by atoms with Gasteiger partial charge in [-0.05, 0) is 47.5 Å². The molecule has 0 aliphatic rings. The van der Waals surface area contributed by atoms with Gasteiger partial charge in [0.1, 0.15) is 5.82 Å². The van der Waals surface area contributed by atoms with Gasteiger partial charge >= 0.3 is 0 Å². The smallest absolute Gasteiger partial charge is 0.123 e. The summed E-state index contributed by atoms with van der Waals surface area (Å²) in [6.45, 7) is 1.34. The standard InChI is InChI=1S/C17H14BrFN2/c18-16-5-4-15(19)9-14(16)11-20-10-12-3-6-17-13(8-12)2-1-7-21-17/h1-9,20H,10-11H2. The molecule has 1 aromatic heterocycles. The summed E-state index contributed by atoms with van der Waals surface area (Å²) in [4.78, 5) is 4.30. The van der Waals surface area contributed by atoms with Crippen LogP contribution in [0.5, 0.6) is 0 Å². The lowest BCUT2D eigenvalue weighted by atomic mass is 10.1. The Morgan fingerprint density at radius 3 is 2.86 bits per heavy atom. The minimum absolute atomic E-state index is 0.216. The largest absolute Gasteiger partial charge is 0.309 e. The predicted octanol–water partition coefficient (Wildman–Crippen LogP) is 4.43. The van der Waals surface area contributed by atoms with Crippen LogP contribution in [0.4, 0.5) is 4.39 Å². The highest BCUT2D eigenvalue weighted by atomic mass is 79.9. The Morgan fingerprint density at radius 1 is 1.05 bits per heavy atom. The van der Waals surface area contributed by atoms with E-state index in [0.717, 1.165) is 27.5 Å². The van der Waals surface area contributed by atoms with E-state index in [1.807, 2.05) is 12.1 Å². The van der Waals surface area contributed by atoms with Gasteiger partial charge in [-0.2, -0.15) is 0 Å². The summed E-state index contributed by atoms with van der Waals surface area (Å²) in [5.74, 6) is -0.216. The lowest BCUT2D eigenvalue weighted by molar-refractivity contribution is 0.619. The number of nitrogens with one attached hydrogen (secondary N) is 1. The molecule has 0 saturated heterocycles. The number of halogens is 2. The topological polar surface area (TPSA) is 24.9 Å². The van der Waals surface area contributed by atoms with Crippen LogP contribution in [-0.2, 0) is 13.1 Å². The monoisotopic (exact) mass is 344 g/mol. The van der Waals surface area contributed by atoms with Crippen LogP contribution in [0.3, 0.4) is 0 Å². The first kappa shape index (κ1) is 14.2. The molecule has 4 heteroatoms. The maximum absolute atomic E-state index is 13.2. The van der Waals surface area contributed by atoms with E-state index >= 15 is 0 Å². The third-order valence-corrected chi connectivity index (χ3v) is 4.09. The molecule has 0 unspecified atom stereocenters. The van der Waals surface area contributed by atoms with E-state index in [0.29, 0.717) is 6.54 Å². The molecule has 0 aliphatic carbocycles. The van der Waals surface area contributed by atoms with Gasteiger partial charge < -0.3 is 5.32 Å². The third-order valence-electron chi connectivity index (χ3n) is 3.32. The molecule has 2 nitrogen and oxygen atoms in total. The molecule has 2 aromatic carbocycles. The first-order chi connectivity index (χ1) is 10.2. The molecule has 1 heterocycles. The van der Waals surface area contributed by atoms with Crippen molar-refractivity contribution in [3.8, 4) is 0 Å². The second kappa shape index (κ2) is 6.33. The number of benzene rings is 2. The van der Waals surface area contributed by atoms with Crippen LogP contribution in [0.1, 0.15) is 11.1 Å². The van der Waals surface area contributed by atoms with Crippen LogP contribution in [0, 0.1) is 5.82 Å². The molecule has 1 N–H and O–H groups in total. The summed E-state index contributed by atoms with van der Waals surface area (Å²) in [5, 5.41) is 4.46. The molecule has 0 saturated carbocycles. The van der Waals surface area contributed by atoms with E-state index in [2.05, 4.69) is 44.4 Å². The van der Waals surface area contributed by atoms with Crippen molar-refractivity contribution in [2.24, 2.45) is 0 Å². The summed E-state index contributed by atoms with van der Waals surface area (Å²) < 4.78 is 14.1. The average Bonchev–Trinajstić information content (AvgIpc) is 2.50. The number of hydrogen-bond acceptors (Lipinski definition) is 2. The fourth-order valence-corrected chi connectivity index (χ4v) is 2.64. The zero-order valence-electron chi connectivity index (χ0n) is 11.3. The highest BCUT2D eigenvalue weighted by Gasteiger charge is 2.02. The lowest BCUT2D eigenvalue weighted by Gasteiger charge is -2.08. The van der Waals surface area contributed by atoms with Gasteiger partial charge in [-0.15, -0.1) is 0 Å². The van der Waals surface area contributed by atoms with Crippen molar-refractivity contribution in [2.45, 2.75) is 13.1 Å². The van der Waals surface area contributed by atoms with Crippen molar-refractivity contribution in [2.75, 3.05) is 0 Å². The maximum atomic E-state index is 13.2. The van der Waals surface area contributed by atoms with Gasteiger partial charge in [-0.3, -0.25) is 4.98 Å². The van der Waals surface area contributed by atoms with Crippen molar-refractivity contribution >= 4 is 26.8 Å². The Bertz CT molecular complexity index is 774. The van der Waals surface area contributed by atoms with Crippen molar-refractivity contribution < 1.29 is 4.39 Å². The van der Waals surface area contributed by atoms with E-state index < -0.39 is 0 Å². The minimum Gasteiger partial charge on any atom is -0.309 e. The summed E-state index contributed by atoms with van der Waals surface area (Å²) in [6, 6.07) is 14.9. The second-order valence-corrected chi connectivity index (χ2v) is 5.72. The zero-order chi connectivity index (χ0) is 14.7. The Morgan fingerprint density at radius 2 is 1.95 bits per heavy atom. The van der Waals surface area contributed by atoms with Gasteiger partial charge in [-0.25, -0.2) is 4.39 Å². The van der Waals surface area contributed by atoms with Crippen molar-refractivity contribution in [1.29, 1.82) is 0 Å². The van der Waals surface area contributed by atoms with E-state index in [-0.39, 0.29) is 5.82 Å². The Kier molecular flexibility index (Phi) is 4.27. The molecule has 0 fully saturated rings. The van der Waals surface area contributed by atoms with Crippen LogP contribution in [0.25, 0.3) is 10.9 Å². The minimum atomic E-state index is -0.216.